The number of amides is 2. The molecule has 1 fully saturated rings. The summed E-state index contributed by atoms with van der Waals surface area (Å²) in [4.78, 5) is 26.8. The van der Waals surface area contributed by atoms with Gasteiger partial charge in [-0.3, -0.25) is 9.59 Å². The number of rotatable bonds is 7. The van der Waals surface area contributed by atoms with Crippen LogP contribution in [0.5, 0.6) is 0 Å². The van der Waals surface area contributed by atoms with E-state index in [1.807, 2.05) is 48.5 Å². The molecule has 1 aromatic heterocycles. The number of aryl methyl sites for hydroxylation is 1. The van der Waals surface area contributed by atoms with Gasteiger partial charge < -0.3 is 20.1 Å². The van der Waals surface area contributed by atoms with Crippen molar-refractivity contribution in [1.29, 1.82) is 0 Å². The molecular weight excluding hydrogens is 428 g/mol. The first-order chi connectivity index (χ1) is 15.5. The van der Waals surface area contributed by atoms with Crippen LogP contribution in [0.25, 0.3) is 11.3 Å². The number of nitrogens with one attached hydrogen (secondary N) is 2. The lowest BCUT2D eigenvalue weighted by Gasteiger charge is -2.21. The summed E-state index contributed by atoms with van der Waals surface area (Å²) in [5, 5.41) is 10.0. The van der Waals surface area contributed by atoms with Crippen molar-refractivity contribution >= 4 is 29.1 Å². The molecule has 0 saturated carbocycles. The molecule has 32 heavy (non-hydrogen) atoms. The second-order valence-corrected chi connectivity index (χ2v) is 8.40. The van der Waals surface area contributed by atoms with Gasteiger partial charge in [0.05, 0.1) is 6.54 Å². The van der Waals surface area contributed by atoms with E-state index >= 15 is 0 Å². The number of nitrogens with zero attached hydrogens (tertiary/aromatic N) is 2. The van der Waals surface area contributed by atoms with Crippen molar-refractivity contribution in [3.05, 3.63) is 70.9 Å². The summed E-state index contributed by atoms with van der Waals surface area (Å²) in [5.74, 6) is 0.162. The fourth-order valence-corrected chi connectivity index (χ4v) is 4.00. The summed E-state index contributed by atoms with van der Waals surface area (Å²) < 4.78 is 5.23. The van der Waals surface area contributed by atoms with Crippen molar-refractivity contribution in [2.75, 3.05) is 31.1 Å². The second kappa shape index (κ2) is 9.87. The van der Waals surface area contributed by atoms with Gasteiger partial charge in [0.25, 0.3) is 5.91 Å². The van der Waals surface area contributed by atoms with Crippen molar-refractivity contribution in [2.45, 2.75) is 13.3 Å². The van der Waals surface area contributed by atoms with Gasteiger partial charge >= 0.3 is 0 Å². The summed E-state index contributed by atoms with van der Waals surface area (Å²) in [6, 6.07) is 16.9. The van der Waals surface area contributed by atoms with Crippen LogP contribution >= 0.6 is 11.6 Å². The van der Waals surface area contributed by atoms with E-state index in [1.54, 1.807) is 6.07 Å². The number of aromatic nitrogens is 1. The molecule has 1 saturated heterocycles. The number of benzene rings is 2. The lowest BCUT2D eigenvalue weighted by molar-refractivity contribution is -0.120. The highest BCUT2D eigenvalue weighted by Gasteiger charge is 2.24. The van der Waals surface area contributed by atoms with Gasteiger partial charge in [0, 0.05) is 42.0 Å². The van der Waals surface area contributed by atoms with E-state index < -0.39 is 5.91 Å². The molecule has 1 unspecified atom stereocenters. The molecule has 1 atom stereocenters. The predicted octanol–water partition coefficient (Wildman–Crippen LogP) is 3.68. The van der Waals surface area contributed by atoms with Crippen LogP contribution in [0.4, 0.5) is 5.69 Å². The fourth-order valence-electron chi connectivity index (χ4n) is 3.83. The zero-order valence-corrected chi connectivity index (χ0v) is 18.6. The van der Waals surface area contributed by atoms with Crippen LogP contribution in [0.1, 0.15) is 22.5 Å². The van der Waals surface area contributed by atoms with Crippen molar-refractivity contribution in [2.24, 2.45) is 5.92 Å². The summed E-state index contributed by atoms with van der Waals surface area (Å²) >= 11 is 6.14. The fraction of sp³-hybridized carbons (Fsp3) is 0.292. The van der Waals surface area contributed by atoms with Gasteiger partial charge in [-0.25, -0.2) is 0 Å². The quantitative estimate of drug-likeness (QED) is 0.571. The third kappa shape index (κ3) is 5.29. The van der Waals surface area contributed by atoms with Crippen molar-refractivity contribution in [3.8, 4) is 11.3 Å². The number of hydrogen-bond acceptors (Lipinski definition) is 5. The molecule has 1 aliphatic heterocycles. The first-order valence-electron chi connectivity index (χ1n) is 10.6. The van der Waals surface area contributed by atoms with Gasteiger partial charge in [-0.1, -0.05) is 53.2 Å². The van der Waals surface area contributed by atoms with E-state index in [0.29, 0.717) is 18.2 Å². The Balaban J connectivity index is 1.22. The van der Waals surface area contributed by atoms with Crippen LogP contribution in [0.15, 0.2) is 59.1 Å². The Morgan fingerprint density at radius 1 is 1.16 bits per heavy atom. The minimum Gasteiger partial charge on any atom is -0.371 e. The van der Waals surface area contributed by atoms with Crippen molar-refractivity contribution in [1.82, 2.24) is 15.8 Å². The first-order valence-corrected chi connectivity index (χ1v) is 11.0. The average Bonchev–Trinajstić information content (AvgIpc) is 3.48. The molecule has 4 rings (SSSR count). The van der Waals surface area contributed by atoms with Crippen molar-refractivity contribution in [3.63, 3.8) is 0 Å². The Hall–Kier alpha value is -3.32. The molecule has 2 aromatic carbocycles. The summed E-state index contributed by atoms with van der Waals surface area (Å²) in [6.07, 6.45) is 0.986. The van der Waals surface area contributed by atoms with Gasteiger partial charge in [0.1, 0.15) is 0 Å². The van der Waals surface area contributed by atoms with Crippen molar-refractivity contribution < 1.29 is 14.1 Å². The highest BCUT2D eigenvalue weighted by molar-refractivity contribution is 6.30. The molecule has 0 aliphatic carbocycles. The average molecular weight is 453 g/mol. The predicted molar refractivity (Wildman–Crippen MR) is 124 cm³/mol. The van der Waals surface area contributed by atoms with E-state index in [0.717, 1.165) is 35.8 Å². The summed E-state index contributed by atoms with van der Waals surface area (Å²) in [5.41, 5.74) is 3.29. The Morgan fingerprint density at radius 2 is 1.97 bits per heavy atom. The monoisotopic (exact) mass is 452 g/mol. The maximum absolute atomic E-state index is 12.3. The summed E-state index contributed by atoms with van der Waals surface area (Å²) in [6.45, 7) is 4.30. The van der Waals surface area contributed by atoms with Crippen LogP contribution in [-0.4, -0.2) is 43.2 Å². The molecule has 2 N–H and O–H groups in total. The number of carbonyl (C=O) groups is 2. The van der Waals surface area contributed by atoms with E-state index in [2.05, 4.69) is 27.6 Å². The van der Waals surface area contributed by atoms with Gasteiger partial charge in [-0.2, -0.15) is 0 Å². The van der Waals surface area contributed by atoms with Crippen LogP contribution in [-0.2, 0) is 4.79 Å². The zero-order chi connectivity index (χ0) is 22.5. The topological polar surface area (TPSA) is 87.5 Å². The third-order valence-electron chi connectivity index (χ3n) is 5.60. The molecule has 0 bridgehead atoms. The van der Waals surface area contributed by atoms with Gasteiger partial charge in [0.15, 0.2) is 11.5 Å². The van der Waals surface area contributed by atoms with Gasteiger partial charge in [-0.05, 0) is 37.0 Å². The maximum atomic E-state index is 12.3. The molecule has 0 spiro atoms. The number of hydrogen-bond donors (Lipinski definition) is 2. The third-order valence-corrected chi connectivity index (χ3v) is 5.83. The molecule has 8 heteroatoms. The maximum Gasteiger partial charge on any atom is 0.273 e. The van der Waals surface area contributed by atoms with E-state index in [4.69, 9.17) is 16.1 Å². The van der Waals surface area contributed by atoms with E-state index in [-0.39, 0.29) is 18.1 Å². The van der Waals surface area contributed by atoms with Gasteiger partial charge in [0.2, 0.25) is 5.91 Å². The highest BCUT2D eigenvalue weighted by atomic mass is 35.5. The van der Waals surface area contributed by atoms with Crippen LogP contribution in [0, 0.1) is 12.8 Å². The lowest BCUT2D eigenvalue weighted by atomic mass is 10.1. The number of anilines is 1. The van der Waals surface area contributed by atoms with Crippen LogP contribution < -0.4 is 15.5 Å². The Labute approximate surface area is 191 Å². The number of carbonyl (C=O) groups excluding carboxylic acids is 2. The molecule has 3 aromatic rings. The zero-order valence-electron chi connectivity index (χ0n) is 17.8. The minimum atomic E-state index is -0.449. The molecule has 7 nitrogen and oxygen atoms in total. The summed E-state index contributed by atoms with van der Waals surface area (Å²) in [7, 11) is 0. The SMILES string of the molecule is Cc1ccc(Cl)cc1N1CCC(CNC(=O)CNC(=O)c2cc(-c3ccccc3)on2)C1. The molecule has 166 valence electrons. The van der Waals surface area contributed by atoms with Crippen LogP contribution in [0.2, 0.25) is 5.02 Å². The molecule has 1 aliphatic rings. The minimum absolute atomic E-state index is 0.115. The smallest absolute Gasteiger partial charge is 0.273 e. The number of halogens is 1. The standard InChI is InChI=1S/C24H25ClN4O3/c1-16-7-8-19(25)11-21(16)29-10-9-17(15-29)13-26-23(30)14-27-24(31)20-12-22(32-28-20)18-5-3-2-4-6-18/h2-8,11-12,17H,9-10,13-15H2,1H3,(H,26,30)(H,27,31). The second-order valence-electron chi connectivity index (χ2n) is 7.96. The molecular formula is C24H25ClN4O3. The normalized spacial score (nSPS) is 15.6. The largest absolute Gasteiger partial charge is 0.371 e. The molecule has 0 radical (unpaired) electrons. The van der Waals surface area contributed by atoms with Crippen LogP contribution in [0.3, 0.4) is 0 Å². The Bertz CT molecular complexity index is 1100. The van der Waals surface area contributed by atoms with Gasteiger partial charge in [-0.15, -0.1) is 0 Å². The van der Waals surface area contributed by atoms with E-state index in [1.165, 1.54) is 5.56 Å². The Kier molecular flexibility index (Phi) is 6.75. The Morgan fingerprint density at radius 3 is 2.78 bits per heavy atom. The first kappa shape index (κ1) is 21.9. The molecule has 2 heterocycles. The lowest BCUT2D eigenvalue weighted by Crippen LogP contribution is -2.39. The molecule has 2 amide bonds. The highest BCUT2D eigenvalue weighted by Crippen LogP contribution is 2.29. The van der Waals surface area contributed by atoms with E-state index in [9.17, 15) is 9.59 Å².